The van der Waals surface area contributed by atoms with E-state index in [1.807, 2.05) is 5.32 Å². The first-order valence-electron chi connectivity index (χ1n) is 15.1. The molecular formula is C32H39F4N4O5+. The van der Waals surface area contributed by atoms with Crippen molar-refractivity contribution in [3.8, 4) is 5.75 Å². The van der Waals surface area contributed by atoms with Crippen LogP contribution in [0, 0.1) is 17.1 Å². The molecule has 2 fully saturated rings. The summed E-state index contributed by atoms with van der Waals surface area (Å²) in [6.07, 6.45) is -6.09. The number of hydrogen-bond donors (Lipinski definition) is 2. The lowest BCUT2D eigenvalue weighted by Crippen LogP contribution is -2.78. The second-order valence-electron chi connectivity index (χ2n) is 11.4. The molecule has 0 radical (unpaired) electrons. The number of hydrogen-bond acceptors (Lipinski definition) is 7. The van der Waals surface area contributed by atoms with Gasteiger partial charge in [-0.3, -0.25) is 5.32 Å². The average molecular weight is 636 g/mol. The van der Waals surface area contributed by atoms with Crippen molar-refractivity contribution in [2.24, 2.45) is 5.92 Å². The van der Waals surface area contributed by atoms with Crippen LogP contribution in [0.5, 0.6) is 5.75 Å². The fourth-order valence-electron chi connectivity index (χ4n) is 5.92. The number of aryl methyl sites for hydroxylation is 1. The maximum Gasteiger partial charge on any atom is 0.427 e. The van der Waals surface area contributed by atoms with E-state index < -0.39 is 25.0 Å². The van der Waals surface area contributed by atoms with E-state index in [4.69, 9.17) is 18.9 Å². The SMILES string of the molecule is COc1ccc(COCC(OC(=O)N2CCC(C(=N)/C(=C3/CCc4cc(F)ccc4[NH2+]3)N3CCOCC3)CC2)C(F)(F)F)cc1. The number of fused-ring (bicyclic) bond motifs is 1. The van der Waals surface area contributed by atoms with Gasteiger partial charge in [-0.1, -0.05) is 12.1 Å². The molecule has 0 bridgehead atoms. The molecule has 3 N–H and O–H groups in total. The monoisotopic (exact) mass is 635 g/mol. The first kappa shape index (κ1) is 32.7. The van der Waals surface area contributed by atoms with Gasteiger partial charge in [-0.05, 0) is 49.1 Å². The smallest absolute Gasteiger partial charge is 0.427 e. The van der Waals surface area contributed by atoms with Crippen molar-refractivity contribution in [3.63, 3.8) is 0 Å². The van der Waals surface area contributed by atoms with E-state index in [0.29, 0.717) is 69.0 Å². The molecule has 1 unspecified atom stereocenters. The van der Waals surface area contributed by atoms with Crippen LogP contribution < -0.4 is 10.1 Å². The van der Waals surface area contributed by atoms with Gasteiger partial charge in [0.2, 0.25) is 6.10 Å². The van der Waals surface area contributed by atoms with Crippen LogP contribution in [-0.2, 0) is 27.2 Å². The maximum atomic E-state index is 13.8. The van der Waals surface area contributed by atoms with Gasteiger partial charge >= 0.3 is 12.3 Å². The molecule has 1 atom stereocenters. The van der Waals surface area contributed by atoms with Crippen LogP contribution >= 0.6 is 0 Å². The molecule has 3 heterocycles. The van der Waals surface area contributed by atoms with Gasteiger partial charge in [-0.25, -0.2) is 9.18 Å². The van der Waals surface area contributed by atoms with E-state index in [9.17, 15) is 27.8 Å². The van der Waals surface area contributed by atoms with Crippen LogP contribution in [0.15, 0.2) is 53.9 Å². The summed E-state index contributed by atoms with van der Waals surface area (Å²) in [6.45, 7) is 1.78. The van der Waals surface area contributed by atoms with Gasteiger partial charge in [0.1, 0.15) is 28.6 Å². The van der Waals surface area contributed by atoms with Gasteiger partial charge in [-0.2, -0.15) is 13.2 Å². The van der Waals surface area contributed by atoms with E-state index in [1.54, 1.807) is 36.4 Å². The van der Waals surface area contributed by atoms with E-state index in [2.05, 4.69) is 4.90 Å². The molecule has 13 heteroatoms. The predicted octanol–water partition coefficient (Wildman–Crippen LogP) is 4.54. The summed E-state index contributed by atoms with van der Waals surface area (Å²) in [6, 6.07) is 11.5. The molecule has 9 nitrogen and oxygen atoms in total. The number of carbonyl (C=O) groups excluding carboxylic acids is 1. The predicted molar refractivity (Wildman–Crippen MR) is 157 cm³/mol. The summed E-state index contributed by atoms with van der Waals surface area (Å²) in [5, 5.41) is 11.3. The molecule has 3 aliphatic heterocycles. The number of piperidine rings is 1. The van der Waals surface area contributed by atoms with Crippen LogP contribution in [0.3, 0.4) is 0 Å². The van der Waals surface area contributed by atoms with Gasteiger partial charge in [0.05, 0.1) is 39.2 Å². The molecule has 2 saturated heterocycles. The van der Waals surface area contributed by atoms with Crippen molar-refractivity contribution < 1.29 is 46.6 Å². The number of likely N-dealkylation sites (tertiary alicyclic amines) is 1. The second kappa shape index (κ2) is 14.6. The Kier molecular flexibility index (Phi) is 10.6. The lowest BCUT2D eigenvalue weighted by Gasteiger charge is -2.37. The van der Waals surface area contributed by atoms with Crippen molar-refractivity contribution in [1.29, 1.82) is 5.41 Å². The van der Waals surface area contributed by atoms with Crippen LogP contribution in [0.25, 0.3) is 0 Å². The number of carbonyl (C=O) groups is 1. The summed E-state index contributed by atoms with van der Waals surface area (Å²) in [7, 11) is 1.51. The first-order valence-corrected chi connectivity index (χ1v) is 15.1. The van der Waals surface area contributed by atoms with Crippen LogP contribution in [0.2, 0.25) is 0 Å². The summed E-state index contributed by atoms with van der Waals surface area (Å²) >= 11 is 0. The fraction of sp³-hybridized carbons (Fsp3) is 0.500. The zero-order valence-corrected chi connectivity index (χ0v) is 25.2. The molecule has 0 aliphatic carbocycles. The average Bonchev–Trinajstić information content (AvgIpc) is 3.04. The zero-order valence-electron chi connectivity index (χ0n) is 25.2. The Morgan fingerprint density at radius 1 is 1.04 bits per heavy atom. The third-order valence-electron chi connectivity index (χ3n) is 8.45. The quantitative estimate of drug-likeness (QED) is 0.239. The highest BCUT2D eigenvalue weighted by Crippen LogP contribution is 2.30. The van der Waals surface area contributed by atoms with Gasteiger partial charge in [0.25, 0.3) is 0 Å². The molecule has 0 aromatic heterocycles. The molecule has 45 heavy (non-hydrogen) atoms. The number of benzene rings is 2. The van der Waals surface area contributed by atoms with Crippen molar-refractivity contribution >= 4 is 17.5 Å². The van der Waals surface area contributed by atoms with Gasteiger partial charge in [-0.15, -0.1) is 0 Å². The molecule has 0 spiro atoms. The molecule has 2 aromatic rings. The van der Waals surface area contributed by atoms with Crippen molar-refractivity contribution in [1.82, 2.24) is 9.80 Å². The fourth-order valence-corrected chi connectivity index (χ4v) is 5.92. The Balaban J connectivity index is 1.19. The molecule has 1 amide bonds. The van der Waals surface area contributed by atoms with E-state index in [0.717, 1.165) is 22.6 Å². The minimum Gasteiger partial charge on any atom is -0.497 e. The Morgan fingerprint density at radius 3 is 2.42 bits per heavy atom. The number of halogens is 4. The highest BCUT2D eigenvalue weighted by Gasteiger charge is 2.44. The normalized spacial score (nSPS) is 19.5. The molecule has 5 rings (SSSR count). The standard InChI is InChI=1S/C32H38F4N4O5/c1-42-25-6-2-21(3-7-25)19-44-20-28(32(34,35)36)45-31(41)40-12-10-22(11-13-40)29(37)30(39-14-16-43-17-15-39)27-8-4-23-18-24(33)5-9-26(23)38-27/h2-3,5-7,9,18,22,28,37-38H,4,8,10-17,19-20H2,1H3/p+1/b30-27+,37-29?. The Hall–Kier alpha value is -3.68. The van der Waals surface area contributed by atoms with Crippen LogP contribution in [0.4, 0.5) is 28.0 Å². The number of amides is 1. The number of ether oxygens (including phenoxy) is 4. The number of nitrogens with one attached hydrogen (secondary N) is 1. The number of morpholine rings is 1. The van der Waals surface area contributed by atoms with E-state index >= 15 is 0 Å². The minimum absolute atomic E-state index is 0.0808. The third kappa shape index (κ3) is 8.33. The number of quaternary nitrogens is 1. The van der Waals surface area contributed by atoms with Crippen LogP contribution in [-0.4, -0.2) is 87.0 Å². The second-order valence-corrected chi connectivity index (χ2v) is 11.4. The minimum atomic E-state index is -4.80. The third-order valence-corrected chi connectivity index (χ3v) is 8.45. The van der Waals surface area contributed by atoms with Crippen molar-refractivity contribution in [3.05, 3.63) is 70.8 Å². The highest BCUT2D eigenvalue weighted by atomic mass is 19.4. The Labute approximate surface area is 259 Å². The van der Waals surface area contributed by atoms with Crippen molar-refractivity contribution in [2.45, 2.75) is 44.6 Å². The summed E-state index contributed by atoms with van der Waals surface area (Å²) in [5.74, 6) is 0.155. The molecular weight excluding hydrogens is 596 g/mol. The van der Waals surface area contributed by atoms with Crippen molar-refractivity contribution in [2.75, 3.05) is 53.1 Å². The number of alkyl halides is 3. The number of nitrogens with zero attached hydrogens (tertiary/aromatic N) is 2. The van der Waals surface area contributed by atoms with Gasteiger partial charge in [0.15, 0.2) is 0 Å². The summed E-state index contributed by atoms with van der Waals surface area (Å²) in [4.78, 5) is 16.3. The van der Waals surface area contributed by atoms with Gasteiger partial charge < -0.3 is 34.2 Å². The van der Waals surface area contributed by atoms with Crippen LogP contribution in [0.1, 0.15) is 30.4 Å². The summed E-state index contributed by atoms with van der Waals surface area (Å²) in [5.41, 5.74) is 4.80. The zero-order chi connectivity index (χ0) is 32.0. The summed E-state index contributed by atoms with van der Waals surface area (Å²) < 4.78 is 75.8. The largest absolute Gasteiger partial charge is 0.497 e. The highest BCUT2D eigenvalue weighted by molar-refractivity contribution is 5.99. The lowest BCUT2D eigenvalue weighted by atomic mass is 9.88. The Morgan fingerprint density at radius 2 is 1.76 bits per heavy atom. The first-order chi connectivity index (χ1) is 21.6. The molecule has 2 aromatic carbocycles. The molecule has 0 saturated carbocycles. The number of nitrogens with two attached hydrogens (primary N) is 1. The van der Waals surface area contributed by atoms with E-state index in [-0.39, 0.29) is 31.4 Å². The number of rotatable bonds is 9. The van der Waals surface area contributed by atoms with E-state index in [1.165, 1.54) is 18.1 Å². The molecule has 244 valence electrons. The topological polar surface area (TPSA) is 101 Å². The lowest BCUT2D eigenvalue weighted by molar-refractivity contribution is -0.525. The molecule has 3 aliphatic rings. The Bertz CT molecular complexity index is 1370. The number of methoxy groups -OCH3 is 1. The number of allylic oxidation sites excluding steroid dienone is 2. The maximum absolute atomic E-state index is 13.8. The van der Waals surface area contributed by atoms with Gasteiger partial charge in [0, 0.05) is 50.1 Å².